The van der Waals surface area contributed by atoms with Crippen molar-refractivity contribution in [3.05, 3.63) is 0 Å². The zero-order valence-electron chi connectivity index (χ0n) is 11.1. The lowest BCUT2D eigenvalue weighted by molar-refractivity contribution is 0.168. The van der Waals surface area contributed by atoms with Crippen molar-refractivity contribution >= 4 is 9.24 Å². The molecule has 4 unspecified atom stereocenters. The Morgan fingerprint density at radius 3 is 2.40 bits per heavy atom. The van der Waals surface area contributed by atoms with Crippen LogP contribution in [0.15, 0.2) is 0 Å². The number of hydrogen-bond donors (Lipinski definition) is 0. The minimum absolute atomic E-state index is 0.531. The lowest BCUT2D eigenvalue weighted by atomic mass is 9.70. The fraction of sp³-hybridized carbons (Fsp3) is 1.00. The van der Waals surface area contributed by atoms with Crippen LogP contribution in [0.3, 0.4) is 0 Å². The molecule has 15 heavy (non-hydrogen) atoms. The summed E-state index contributed by atoms with van der Waals surface area (Å²) < 4.78 is 0. The van der Waals surface area contributed by atoms with Gasteiger partial charge in [0.1, 0.15) is 0 Å². The second kappa shape index (κ2) is 5.67. The highest BCUT2D eigenvalue weighted by atomic mass is 31.0. The predicted octanol–water partition coefficient (Wildman–Crippen LogP) is 4.88. The van der Waals surface area contributed by atoms with Gasteiger partial charge in [0.2, 0.25) is 0 Å². The van der Waals surface area contributed by atoms with E-state index in [4.69, 9.17) is 0 Å². The quantitative estimate of drug-likeness (QED) is 0.601. The fourth-order valence-electron chi connectivity index (χ4n) is 3.44. The van der Waals surface area contributed by atoms with Crippen LogP contribution in [0.2, 0.25) is 0 Å². The van der Waals surface area contributed by atoms with Crippen molar-refractivity contribution < 1.29 is 0 Å². The van der Waals surface area contributed by atoms with E-state index in [1.807, 2.05) is 0 Å². The molecule has 4 atom stereocenters. The Morgan fingerprint density at radius 1 is 1.33 bits per heavy atom. The van der Waals surface area contributed by atoms with Gasteiger partial charge in [0, 0.05) is 0 Å². The highest BCUT2D eigenvalue weighted by molar-refractivity contribution is 7.18. The molecular weight excluding hydrogens is 199 g/mol. The molecule has 0 amide bonds. The summed E-state index contributed by atoms with van der Waals surface area (Å²) in [6.45, 7) is 9.62. The molecule has 1 heteroatoms. The van der Waals surface area contributed by atoms with Crippen molar-refractivity contribution in [2.45, 2.75) is 71.4 Å². The Morgan fingerprint density at radius 2 is 1.93 bits per heavy atom. The van der Waals surface area contributed by atoms with Gasteiger partial charge in [-0.1, -0.05) is 53.4 Å². The number of rotatable bonds is 4. The second-order valence-corrected chi connectivity index (χ2v) is 7.34. The van der Waals surface area contributed by atoms with E-state index in [2.05, 4.69) is 36.9 Å². The summed E-state index contributed by atoms with van der Waals surface area (Å²) in [5, 5.41) is 0.531. The Hall–Kier alpha value is 0.430. The van der Waals surface area contributed by atoms with Gasteiger partial charge in [0.15, 0.2) is 0 Å². The zero-order chi connectivity index (χ0) is 11.5. The Bertz CT molecular complexity index is 182. The van der Waals surface area contributed by atoms with Crippen LogP contribution in [-0.2, 0) is 0 Å². The van der Waals surface area contributed by atoms with E-state index in [0.29, 0.717) is 5.16 Å². The summed E-state index contributed by atoms with van der Waals surface area (Å²) in [7, 11) is 3.10. The summed E-state index contributed by atoms with van der Waals surface area (Å²) in [5.74, 6) is 2.86. The van der Waals surface area contributed by atoms with Crippen LogP contribution in [0.5, 0.6) is 0 Å². The highest BCUT2D eigenvalue weighted by Gasteiger charge is 2.33. The van der Waals surface area contributed by atoms with Gasteiger partial charge < -0.3 is 0 Å². The first-order chi connectivity index (χ1) is 7.00. The molecule has 0 spiro atoms. The Kier molecular flexibility index (Phi) is 5.10. The molecule has 1 aliphatic rings. The molecule has 0 saturated heterocycles. The molecule has 0 bridgehead atoms. The maximum atomic E-state index is 3.10. The van der Waals surface area contributed by atoms with E-state index in [0.717, 1.165) is 17.8 Å². The average Bonchev–Trinajstić information content (AvgIpc) is 2.18. The molecule has 1 fully saturated rings. The molecule has 0 heterocycles. The molecule has 0 aromatic heterocycles. The fourth-order valence-corrected chi connectivity index (χ4v) is 3.94. The maximum Gasteiger partial charge on any atom is -0.0176 e. The van der Waals surface area contributed by atoms with Gasteiger partial charge in [0.25, 0.3) is 0 Å². The van der Waals surface area contributed by atoms with E-state index in [9.17, 15) is 0 Å². The van der Waals surface area contributed by atoms with E-state index in [-0.39, 0.29) is 0 Å². The van der Waals surface area contributed by atoms with Gasteiger partial charge in [-0.3, -0.25) is 0 Å². The van der Waals surface area contributed by atoms with Gasteiger partial charge in [-0.25, -0.2) is 0 Å². The van der Waals surface area contributed by atoms with Crippen molar-refractivity contribution in [1.29, 1.82) is 0 Å². The lowest BCUT2D eigenvalue weighted by Gasteiger charge is -2.40. The lowest BCUT2D eigenvalue weighted by Crippen LogP contribution is -2.31. The van der Waals surface area contributed by atoms with Gasteiger partial charge in [0.05, 0.1) is 0 Å². The van der Waals surface area contributed by atoms with E-state index in [1.165, 1.54) is 38.5 Å². The van der Waals surface area contributed by atoms with Gasteiger partial charge in [-0.2, -0.15) is 0 Å². The molecule has 0 N–H and O–H groups in total. The van der Waals surface area contributed by atoms with Crippen molar-refractivity contribution in [3.63, 3.8) is 0 Å². The normalized spacial score (nSPS) is 34.4. The zero-order valence-corrected chi connectivity index (χ0v) is 12.2. The minimum Gasteiger partial charge on any atom is -0.131 e. The summed E-state index contributed by atoms with van der Waals surface area (Å²) in [6.07, 6.45) is 8.47. The molecule has 0 aromatic rings. The molecular formula is C14H29P. The van der Waals surface area contributed by atoms with Gasteiger partial charge >= 0.3 is 0 Å². The molecule has 1 aliphatic carbocycles. The monoisotopic (exact) mass is 228 g/mol. The molecule has 1 saturated carbocycles. The Labute approximate surface area is 98.8 Å². The topological polar surface area (TPSA) is 0 Å². The summed E-state index contributed by atoms with van der Waals surface area (Å²) in [6, 6.07) is 0. The van der Waals surface area contributed by atoms with Gasteiger partial charge in [-0.15, -0.1) is 9.24 Å². The molecule has 90 valence electrons. The largest absolute Gasteiger partial charge is 0.131 e. The minimum atomic E-state index is 0.531. The van der Waals surface area contributed by atoms with Crippen LogP contribution < -0.4 is 0 Å². The second-order valence-electron chi connectivity index (χ2n) is 5.95. The molecule has 0 nitrogen and oxygen atoms in total. The summed E-state index contributed by atoms with van der Waals surface area (Å²) in [4.78, 5) is 0. The van der Waals surface area contributed by atoms with Crippen molar-refractivity contribution in [2.75, 3.05) is 0 Å². The van der Waals surface area contributed by atoms with Crippen LogP contribution in [0.25, 0.3) is 0 Å². The van der Waals surface area contributed by atoms with Gasteiger partial charge in [-0.05, 0) is 35.8 Å². The van der Waals surface area contributed by atoms with E-state index >= 15 is 0 Å². The average molecular weight is 228 g/mol. The van der Waals surface area contributed by atoms with Crippen molar-refractivity contribution in [1.82, 2.24) is 0 Å². The maximum absolute atomic E-state index is 3.10. The standard InChI is InChI=1S/C14H29P/c1-5-12(6-2)11(3)13-8-7-9-14(4,15)10-13/h11-13H,5-10,15H2,1-4H3. The first-order valence-electron chi connectivity index (χ1n) is 6.79. The third kappa shape index (κ3) is 3.74. The highest BCUT2D eigenvalue weighted by Crippen LogP contribution is 2.44. The smallest absolute Gasteiger partial charge is 0.0176 e. The number of hydrogen-bond acceptors (Lipinski definition) is 0. The molecule has 0 aliphatic heterocycles. The first-order valence-corrected chi connectivity index (χ1v) is 7.36. The SMILES string of the molecule is CCC(CC)C(C)C1CCCC(C)(P)C1. The third-order valence-corrected chi connectivity index (χ3v) is 5.11. The molecule has 1 rings (SSSR count). The van der Waals surface area contributed by atoms with Crippen LogP contribution in [0, 0.1) is 17.8 Å². The summed E-state index contributed by atoms with van der Waals surface area (Å²) >= 11 is 0. The predicted molar refractivity (Wildman–Crippen MR) is 73.3 cm³/mol. The first kappa shape index (κ1) is 13.5. The van der Waals surface area contributed by atoms with Crippen LogP contribution in [-0.4, -0.2) is 5.16 Å². The van der Waals surface area contributed by atoms with Crippen LogP contribution >= 0.6 is 9.24 Å². The van der Waals surface area contributed by atoms with E-state index < -0.39 is 0 Å². The third-order valence-electron chi connectivity index (χ3n) is 4.59. The molecule has 0 aromatic carbocycles. The molecule has 0 radical (unpaired) electrons. The van der Waals surface area contributed by atoms with Crippen molar-refractivity contribution in [3.8, 4) is 0 Å². The van der Waals surface area contributed by atoms with Crippen molar-refractivity contribution in [2.24, 2.45) is 17.8 Å². The Balaban J connectivity index is 2.55. The van der Waals surface area contributed by atoms with E-state index in [1.54, 1.807) is 0 Å². The van der Waals surface area contributed by atoms with Crippen LogP contribution in [0.1, 0.15) is 66.2 Å². The van der Waals surface area contributed by atoms with Crippen LogP contribution in [0.4, 0.5) is 0 Å². The summed E-state index contributed by atoms with van der Waals surface area (Å²) in [5.41, 5.74) is 0.